The van der Waals surface area contributed by atoms with Gasteiger partial charge in [0.2, 0.25) is 0 Å². The Morgan fingerprint density at radius 2 is 1.00 bits per heavy atom. The van der Waals surface area contributed by atoms with Crippen LogP contribution in [0.15, 0.2) is 60.7 Å². The number of methoxy groups -OCH3 is 2. The van der Waals surface area contributed by atoms with E-state index in [2.05, 4.69) is 0 Å². The van der Waals surface area contributed by atoms with E-state index in [9.17, 15) is 10.2 Å². The Kier molecular flexibility index (Phi) is 5.61. The molecule has 0 heterocycles. The molecule has 0 atom stereocenters. The lowest BCUT2D eigenvalue weighted by molar-refractivity contribution is 0.0502. The highest BCUT2D eigenvalue weighted by Crippen LogP contribution is 2.46. The molecule has 0 spiro atoms. The van der Waals surface area contributed by atoms with Gasteiger partial charge in [0.25, 0.3) is 0 Å². The molecule has 0 saturated heterocycles. The predicted molar refractivity (Wildman–Crippen MR) is 115 cm³/mol. The van der Waals surface area contributed by atoms with Crippen LogP contribution in [0.4, 0.5) is 0 Å². The number of aromatic hydroxyl groups is 2. The van der Waals surface area contributed by atoms with Crippen molar-refractivity contribution in [2.24, 2.45) is 0 Å². The lowest BCUT2D eigenvalue weighted by Crippen LogP contribution is -2.03. The highest BCUT2D eigenvalue weighted by molar-refractivity contribution is 6.10. The van der Waals surface area contributed by atoms with E-state index in [-0.39, 0.29) is 25.1 Å². The number of fused-ring (bicyclic) bond motifs is 2. The summed E-state index contributed by atoms with van der Waals surface area (Å²) in [5, 5.41) is 23.8. The zero-order valence-corrected chi connectivity index (χ0v) is 16.7. The van der Waals surface area contributed by atoms with Crippen molar-refractivity contribution in [3.63, 3.8) is 0 Å². The number of phenolic OH excluding ortho intramolecular Hbond substituents is 2. The molecule has 0 aromatic heterocycles. The van der Waals surface area contributed by atoms with Crippen molar-refractivity contribution in [3.05, 3.63) is 60.7 Å². The SMILES string of the molecule is COCOc1ccc2ccc(O)cc2c1-c1c(OCOC)ccc2ccc(O)cc12. The van der Waals surface area contributed by atoms with E-state index in [1.54, 1.807) is 38.5 Å². The van der Waals surface area contributed by atoms with Crippen molar-refractivity contribution in [2.45, 2.75) is 0 Å². The maximum absolute atomic E-state index is 10.2. The predicted octanol–water partition coefficient (Wildman–Crippen LogP) is 5.04. The van der Waals surface area contributed by atoms with Crippen LogP contribution in [-0.4, -0.2) is 38.0 Å². The summed E-state index contributed by atoms with van der Waals surface area (Å²) < 4.78 is 22.0. The van der Waals surface area contributed by atoms with Gasteiger partial charge in [0, 0.05) is 25.3 Å². The summed E-state index contributed by atoms with van der Waals surface area (Å²) in [4.78, 5) is 0. The smallest absolute Gasteiger partial charge is 0.188 e. The summed E-state index contributed by atoms with van der Waals surface area (Å²) in [6, 6.07) is 17.9. The summed E-state index contributed by atoms with van der Waals surface area (Å²) in [6.07, 6.45) is 0. The molecule has 6 heteroatoms. The van der Waals surface area contributed by atoms with E-state index < -0.39 is 0 Å². The molecule has 0 aliphatic carbocycles. The molecule has 6 nitrogen and oxygen atoms in total. The van der Waals surface area contributed by atoms with E-state index in [1.807, 2.05) is 36.4 Å². The zero-order chi connectivity index (χ0) is 21.1. The normalized spacial score (nSPS) is 11.1. The third-order valence-electron chi connectivity index (χ3n) is 4.85. The van der Waals surface area contributed by atoms with Gasteiger partial charge in [-0.1, -0.05) is 24.3 Å². The fraction of sp³-hybridized carbons (Fsp3) is 0.167. The Balaban J connectivity index is 2.11. The van der Waals surface area contributed by atoms with Gasteiger partial charge in [0.1, 0.15) is 23.0 Å². The Morgan fingerprint density at radius 3 is 1.40 bits per heavy atom. The number of rotatable bonds is 7. The molecule has 0 amide bonds. The van der Waals surface area contributed by atoms with Crippen LogP contribution in [0.25, 0.3) is 32.7 Å². The first-order chi connectivity index (χ1) is 14.6. The third-order valence-corrected chi connectivity index (χ3v) is 4.85. The van der Waals surface area contributed by atoms with Crippen LogP contribution in [0.5, 0.6) is 23.0 Å². The monoisotopic (exact) mass is 406 g/mol. The molecule has 0 unspecified atom stereocenters. The molecule has 154 valence electrons. The molecule has 0 fully saturated rings. The molecular formula is C24H22O6. The lowest BCUT2D eigenvalue weighted by Gasteiger charge is -2.19. The van der Waals surface area contributed by atoms with Gasteiger partial charge in [0.05, 0.1) is 0 Å². The van der Waals surface area contributed by atoms with Crippen LogP contribution < -0.4 is 9.47 Å². The summed E-state index contributed by atoms with van der Waals surface area (Å²) in [6.45, 7) is 0.114. The lowest BCUT2D eigenvalue weighted by atomic mass is 9.92. The molecule has 30 heavy (non-hydrogen) atoms. The van der Waals surface area contributed by atoms with Gasteiger partial charge in [-0.2, -0.15) is 0 Å². The van der Waals surface area contributed by atoms with Gasteiger partial charge in [-0.05, 0) is 57.9 Å². The molecule has 0 aliphatic rings. The molecule has 2 N–H and O–H groups in total. The second-order valence-electron chi connectivity index (χ2n) is 6.79. The maximum Gasteiger partial charge on any atom is 0.188 e. The van der Waals surface area contributed by atoms with Gasteiger partial charge in [-0.3, -0.25) is 0 Å². The van der Waals surface area contributed by atoms with E-state index >= 15 is 0 Å². The van der Waals surface area contributed by atoms with E-state index in [4.69, 9.17) is 18.9 Å². The van der Waals surface area contributed by atoms with E-state index in [0.29, 0.717) is 11.5 Å². The average molecular weight is 406 g/mol. The molecule has 0 saturated carbocycles. The highest BCUT2D eigenvalue weighted by atomic mass is 16.7. The van der Waals surface area contributed by atoms with Gasteiger partial charge in [0.15, 0.2) is 13.6 Å². The first kappa shape index (κ1) is 19.8. The van der Waals surface area contributed by atoms with Crippen molar-refractivity contribution in [1.29, 1.82) is 0 Å². The summed E-state index contributed by atoms with van der Waals surface area (Å²) in [5.41, 5.74) is 1.45. The Labute approximate surface area is 173 Å². The average Bonchev–Trinajstić information content (AvgIpc) is 2.75. The minimum absolute atomic E-state index is 0.0571. The van der Waals surface area contributed by atoms with Crippen LogP contribution in [0.2, 0.25) is 0 Å². The fourth-order valence-electron chi connectivity index (χ4n) is 3.58. The second-order valence-corrected chi connectivity index (χ2v) is 6.79. The Morgan fingerprint density at radius 1 is 0.600 bits per heavy atom. The van der Waals surface area contributed by atoms with E-state index in [0.717, 1.165) is 32.7 Å². The molecule has 4 aromatic rings. The van der Waals surface area contributed by atoms with Crippen molar-refractivity contribution in [2.75, 3.05) is 27.8 Å². The molecule has 0 radical (unpaired) electrons. The third kappa shape index (κ3) is 3.70. The highest BCUT2D eigenvalue weighted by Gasteiger charge is 2.20. The van der Waals surface area contributed by atoms with Crippen molar-refractivity contribution in [1.82, 2.24) is 0 Å². The maximum atomic E-state index is 10.2. The summed E-state index contributed by atoms with van der Waals surface area (Å²) in [7, 11) is 3.10. The van der Waals surface area contributed by atoms with Crippen LogP contribution in [-0.2, 0) is 9.47 Å². The zero-order valence-electron chi connectivity index (χ0n) is 16.7. The van der Waals surface area contributed by atoms with Gasteiger partial charge in [-0.25, -0.2) is 0 Å². The Bertz CT molecular complexity index is 1110. The van der Waals surface area contributed by atoms with Gasteiger partial charge in [-0.15, -0.1) is 0 Å². The number of hydrogen-bond acceptors (Lipinski definition) is 6. The first-order valence-corrected chi connectivity index (χ1v) is 9.37. The summed E-state index contributed by atoms with van der Waals surface area (Å²) in [5.74, 6) is 1.39. The molecular weight excluding hydrogens is 384 g/mol. The van der Waals surface area contributed by atoms with Crippen molar-refractivity contribution >= 4 is 21.5 Å². The van der Waals surface area contributed by atoms with Gasteiger partial charge >= 0.3 is 0 Å². The van der Waals surface area contributed by atoms with Crippen molar-refractivity contribution in [3.8, 4) is 34.1 Å². The summed E-state index contributed by atoms with van der Waals surface area (Å²) >= 11 is 0. The van der Waals surface area contributed by atoms with Crippen LogP contribution >= 0.6 is 0 Å². The topological polar surface area (TPSA) is 77.4 Å². The molecule has 0 aliphatic heterocycles. The number of ether oxygens (including phenoxy) is 4. The van der Waals surface area contributed by atoms with Gasteiger partial charge < -0.3 is 29.2 Å². The van der Waals surface area contributed by atoms with Crippen molar-refractivity contribution < 1.29 is 29.2 Å². The van der Waals surface area contributed by atoms with E-state index in [1.165, 1.54) is 0 Å². The first-order valence-electron chi connectivity index (χ1n) is 9.37. The van der Waals surface area contributed by atoms with Crippen LogP contribution in [0.1, 0.15) is 0 Å². The quantitative estimate of drug-likeness (QED) is 0.419. The van der Waals surface area contributed by atoms with Crippen LogP contribution in [0.3, 0.4) is 0 Å². The van der Waals surface area contributed by atoms with Crippen LogP contribution in [0, 0.1) is 0 Å². The standard InChI is InChI=1S/C24H22O6/c1-27-13-29-21-9-5-15-3-7-17(25)11-19(15)23(21)24-20-12-18(26)8-4-16(20)6-10-22(24)30-14-28-2/h3-12,25-26H,13-14H2,1-2H3. The number of benzene rings is 4. The molecule has 4 aromatic carbocycles. The molecule has 0 bridgehead atoms. The molecule has 4 rings (SSSR count). The second kappa shape index (κ2) is 8.49. The number of phenols is 2. The Hall–Kier alpha value is -3.48. The number of hydrogen-bond donors (Lipinski definition) is 2. The minimum atomic E-state index is 0.0571. The largest absolute Gasteiger partial charge is 0.508 e. The fourth-order valence-corrected chi connectivity index (χ4v) is 3.58. The minimum Gasteiger partial charge on any atom is -0.508 e.